The van der Waals surface area contributed by atoms with Gasteiger partial charge in [-0.05, 0) is 40.6 Å². The summed E-state index contributed by atoms with van der Waals surface area (Å²) in [6.07, 6.45) is 3.79. The number of aliphatic hydroxyl groups is 1. The number of aromatic nitrogens is 5. The molecule has 0 amide bonds. The Bertz CT molecular complexity index is 1050. The highest BCUT2D eigenvalue weighted by molar-refractivity contribution is 7.90. The van der Waals surface area contributed by atoms with Crippen molar-refractivity contribution < 1.29 is 13.5 Å². The third-order valence-corrected chi connectivity index (χ3v) is 5.85. The molecule has 0 aliphatic carbocycles. The molecule has 0 radical (unpaired) electrons. The van der Waals surface area contributed by atoms with Gasteiger partial charge in [0.05, 0.1) is 17.5 Å². The van der Waals surface area contributed by atoms with Crippen LogP contribution < -0.4 is 4.90 Å². The molecule has 2 N–H and O–H groups in total. The quantitative estimate of drug-likeness (QED) is 0.663. The SMILES string of the molecule is CS(=O)(=O)c1cccc(-c2ccc(N3CC[C@@H]3CO)nc2)c1-c1nnn[nH]1. The lowest BCUT2D eigenvalue weighted by molar-refractivity contribution is 0.225. The average molecular weight is 386 g/mol. The van der Waals surface area contributed by atoms with Crippen LogP contribution in [0, 0.1) is 0 Å². The van der Waals surface area contributed by atoms with Crippen LogP contribution in [0.25, 0.3) is 22.5 Å². The molecule has 4 rings (SSSR count). The first-order valence-corrected chi connectivity index (χ1v) is 10.3. The first-order chi connectivity index (χ1) is 13.0. The van der Waals surface area contributed by atoms with Crippen molar-refractivity contribution in [2.75, 3.05) is 24.3 Å². The lowest BCUT2D eigenvalue weighted by Gasteiger charge is -2.40. The summed E-state index contributed by atoms with van der Waals surface area (Å²) in [5.74, 6) is 1.06. The molecule has 10 heteroatoms. The molecule has 1 atom stereocenters. The van der Waals surface area contributed by atoms with Crippen LogP contribution in [0.5, 0.6) is 0 Å². The number of aromatic amines is 1. The molecular weight excluding hydrogens is 368 g/mol. The zero-order chi connectivity index (χ0) is 19.0. The fraction of sp³-hybridized carbons (Fsp3) is 0.294. The average Bonchev–Trinajstić information content (AvgIpc) is 3.15. The molecule has 1 aromatic carbocycles. The molecular formula is C17H18N6O3S. The monoisotopic (exact) mass is 386 g/mol. The van der Waals surface area contributed by atoms with Crippen molar-refractivity contribution in [3.63, 3.8) is 0 Å². The number of nitrogens with zero attached hydrogens (tertiary/aromatic N) is 5. The van der Waals surface area contributed by atoms with Gasteiger partial charge in [-0.3, -0.25) is 0 Å². The fourth-order valence-electron chi connectivity index (χ4n) is 3.24. The summed E-state index contributed by atoms with van der Waals surface area (Å²) in [6.45, 7) is 0.957. The van der Waals surface area contributed by atoms with Crippen LogP contribution in [0.4, 0.5) is 5.82 Å². The largest absolute Gasteiger partial charge is 0.394 e. The van der Waals surface area contributed by atoms with E-state index in [-0.39, 0.29) is 23.4 Å². The third-order valence-electron chi connectivity index (χ3n) is 4.72. The minimum Gasteiger partial charge on any atom is -0.394 e. The van der Waals surface area contributed by atoms with E-state index in [4.69, 9.17) is 0 Å². The maximum atomic E-state index is 12.3. The van der Waals surface area contributed by atoms with Gasteiger partial charge < -0.3 is 10.0 Å². The van der Waals surface area contributed by atoms with Crippen molar-refractivity contribution in [3.8, 4) is 22.5 Å². The molecule has 3 aromatic rings. The van der Waals surface area contributed by atoms with Crippen LogP contribution in [0.1, 0.15) is 6.42 Å². The molecule has 1 fully saturated rings. The second-order valence-electron chi connectivity index (χ2n) is 6.42. The summed E-state index contributed by atoms with van der Waals surface area (Å²) in [4.78, 5) is 6.68. The normalized spacial score (nSPS) is 17.0. The fourth-order valence-corrected chi connectivity index (χ4v) is 4.14. The number of pyridine rings is 1. The summed E-state index contributed by atoms with van der Waals surface area (Å²) in [5, 5.41) is 23.0. The van der Waals surface area contributed by atoms with Crippen molar-refractivity contribution in [2.45, 2.75) is 17.4 Å². The van der Waals surface area contributed by atoms with Gasteiger partial charge in [0, 0.05) is 30.1 Å². The van der Waals surface area contributed by atoms with Gasteiger partial charge in [-0.25, -0.2) is 18.5 Å². The maximum absolute atomic E-state index is 12.3. The number of anilines is 1. The Morgan fingerprint density at radius 1 is 1.30 bits per heavy atom. The third kappa shape index (κ3) is 3.17. The summed E-state index contributed by atoms with van der Waals surface area (Å²) >= 11 is 0. The number of nitrogens with one attached hydrogen (secondary N) is 1. The lowest BCUT2D eigenvalue weighted by Crippen LogP contribution is -2.50. The van der Waals surface area contributed by atoms with Gasteiger partial charge in [0.1, 0.15) is 5.82 Å². The predicted octanol–water partition coefficient (Wildman–Crippen LogP) is 0.903. The highest BCUT2D eigenvalue weighted by Gasteiger charge is 2.28. The minimum absolute atomic E-state index is 0.0997. The first kappa shape index (κ1) is 17.6. The zero-order valence-corrected chi connectivity index (χ0v) is 15.4. The number of tetrazole rings is 1. The van der Waals surface area contributed by atoms with Gasteiger partial charge in [-0.2, -0.15) is 0 Å². The van der Waals surface area contributed by atoms with Crippen molar-refractivity contribution in [3.05, 3.63) is 36.5 Å². The number of rotatable bonds is 5. The van der Waals surface area contributed by atoms with E-state index in [0.29, 0.717) is 11.1 Å². The van der Waals surface area contributed by atoms with Gasteiger partial charge in [-0.1, -0.05) is 12.1 Å². The van der Waals surface area contributed by atoms with Crippen LogP contribution in [0.2, 0.25) is 0 Å². The molecule has 2 aromatic heterocycles. The Kier molecular flexibility index (Phi) is 4.36. The highest BCUT2D eigenvalue weighted by atomic mass is 32.2. The van der Waals surface area contributed by atoms with E-state index < -0.39 is 9.84 Å². The summed E-state index contributed by atoms with van der Waals surface area (Å²) in [6, 6.07) is 8.88. The van der Waals surface area contributed by atoms with Gasteiger partial charge >= 0.3 is 0 Å². The van der Waals surface area contributed by atoms with E-state index in [1.807, 2.05) is 23.1 Å². The minimum atomic E-state index is -3.49. The molecule has 27 heavy (non-hydrogen) atoms. The van der Waals surface area contributed by atoms with Gasteiger partial charge in [0.15, 0.2) is 15.7 Å². The number of benzene rings is 1. The van der Waals surface area contributed by atoms with E-state index in [2.05, 4.69) is 25.6 Å². The van der Waals surface area contributed by atoms with E-state index in [0.717, 1.165) is 30.6 Å². The molecule has 1 aliphatic heterocycles. The van der Waals surface area contributed by atoms with Crippen molar-refractivity contribution in [1.29, 1.82) is 0 Å². The van der Waals surface area contributed by atoms with E-state index in [1.54, 1.807) is 12.3 Å². The van der Waals surface area contributed by atoms with Crippen LogP contribution in [0.15, 0.2) is 41.4 Å². The molecule has 0 spiro atoms. The van der Waals surface area contributed by atoms with Crippen molar-refractivity contribution >= 4 is 15.7 Å². The predicted molar refractivity (Wildman–Crippen MR) is 98.8 cm³/mol. The van der Waals surface area contributed by atoms with Gasteiger partial charge in [0.2, 0.25) is 0 Å². The molecule has 0 saturated carbocycles. The molecule has 0 bridgehead atoms. The second kappa shape index (κ2) is 6.71. The molecule has 1 saturated heterocycles. The second-order valence-corrected chi connectivity index (χ2v) is 8.41. The van der Waals surface area contributed by atoms with E-state index in [1.165, 1.54) is 6.07 Å². The zero-order valence-electron chi connectivity index (χ0n) is 14.6. The summed E-state index contributed by atoms with van der Waals surface area (Å²) in [7, 11) is -3.49. The molecule has 3 heterocycles. The van der Waals surface area contributed by atoms with Gasteiger partial charge in [-0.15, -0.1) is 5.10 Å². The smallest absolute Gasteiger partial charge is 0.181 e. The van der Waals surface area contributed by atoms with Crippen LogP contribution in [-0.4, -0.2) is 64.6 Å². The standard InChI is InChI=1S/C17H18N6O3S/c1-27(25,26)14-4-2-3-13(16(14)17-19-21-22-20-17)11-5-6-15(18-9-11)23-8-7-12(23)10-24/h2-6,9,12,24H,7-8,10H2,1H3,(H,19,20,21,22)/t12-/m1/s1. The number of sulfone groups is 1. The maximum Gasteiger partial charge on any atom is 0.181 e. The van der Waals surface area contributed by atoms with Crippen molar-refractivity contribution in [1.82, 2.24) is 25.6 Å². The van der Waals surface area contributed by atoms with Crippen LogP contribution >= 0.6 is 0 Å². The Morgan fingerprint density at radius 2 is 2.15 bits per heavy atom. The Labute approximate surface area is 156 Å². The van der Waals surface area contributed by atoms with Crippen LogP contribution in [0.3, 0.4) is 0 Å². The Balaban J connectivity index is 1.80. The molecule has 140 valence electrons. The Hall–Kier alpha value is -2.85. The molecule has 0 unspecified atom stereocenters. The van der Waals surface area contributed by atoms with Gasteiger partial charge in [0.25, 0.3) is 0 Å². The number of H-pyrrole nitrogens is 1. The Morgan fingerprint density at radius 3 is 2.70 bits per heavy atom. The first-order valence-electron chi connectivity index (χ1n) is 8.40. The summed E-state index contributed by atoms with van der Waals surface area (Å²) < 4.78 is 24.5. The number of aliphatic hydroxyl groups excluding tert-OH is 1. The number of hydrogen-bond acceptors (Lipinski definition) is 8. The van der Waals surface area contributed by atoms with Crippen LogP contribution in [-0.2, 0) is 9.84 Å². The lowest BCUT2D eigenvalue weighted by atomic mass is 10.00. The van der Waals surface area contributed by atoms with E-state index >= 15 is 0 Å². The molecule has 9 nitrogen and oxygen atoms in total. The summed E-state index contributed by atoms with van der Waals surface area (Å²) in [5.41, 5.74) is 1.83. The van der Waals surface area contributed by atoms with E-state index in [9.17, 15) is 13.5 Å². The molecule has 1 aliphatic rings. The highest BCUT2D eigenvalue weighted by Crippen LogP contribution is 2.35. The number of hydrogen-bond donors (Lipinski definition) is 2. The topological polar surface area (TPSA) is 125 Å². The van der Waals surface area contributed by atoms with Crippen molar-refractivity contribution in [2.24, 2.45) is 0 Å².